The third-order valence-electron chi connectivity index (χ3n) is 2.53. The average Bonchev–Trinajstić information content (AvgIpc) is 2.52. The number of rotatable bonds is 3. The van der Waals surface area contributed by atoms with E-state index in [0.717, 1.165) is 12.1 Å². The van der Waals surface area contributed by atoms with Gasteiger partial charge in [0.15, 0.2) is 0 Å². The molecule has 98 valence electrons. The minimum atomic E-state index is -3.53. The zero-order valence-electron chi connectivity index (χ0n) is 9.05. The van der Waals surface area contributed by atoms with Crippen LogP contribution < -0.4 is 5.32 Å². The van der Waals surface area contributed by atoms with Gasteiger partial charge in [0.2, 0.25) is 0 Å². The first-order valence-corrected chi connectivity index (χ1v) is 5.17. The normalized spacial score (nSPS) is 21.8. The molecule has 1 N–H and O–H groups in total. The molecule has 1 aliphatic heterocycles. The first kappa shape index (κ1) is 12.7. The van der Waals surface area contributed by atoms with Crippen molar-refractivity contribution in [2.24, 2.45) is 0 Å². The molecule has 0 aromatic heterocycles. The maximum atomic E-state index is 13.2. The van der Waals surface area contributed by atoms with Crippen molar-refractivity contribution in [1.29, 1.82) is 0 Å². The number of hydrogen-bond donors (Lipinski definition) is 1. The molecule has 0 amide bonds. The van der Waals surface area contributed by atoms with Gasteiger partial charge in [0.1, 0.15) is 23.4 Å². The van der Waals surface area contributed by atoms with E-state index in [2.05, 4.69) is 10.1 Å². The van der Waals surface area contributed by atoms with Gasteiger partial charge < -0.3 is 10.1 Å². The van der Waals surface area contributed by atoms with Crippen LogP contribution in [0.3, 0.4) is 0 Å². The van der Waals surface area contributed by atoms with Gasteiger partial charge in [-0.05, 0) is 12.1 Å². The Balaban J connectivity index is 1.99. The van der Waals surface area contributed by atoms with Crippen LogP contribution in [0.5, 0.6) is 0 Å². The van der Waals surface area contributed by atoms with Crippen LogP contribution in [0.25, 0.3) is 0 Å². The zero-order chi connectivity index (χ0) is 13.3. The molecule has 1 heterocycles. The maximum Gasteiger partial charge on any atom is 0.377 e. The summed E-state index contributed by atoms with van der Waals surface area (Å²) in [7, 11) is 0. The number of anilines is 1. The van der Waals surface area contributed by atoms with E-state index in [1.807, 2.05) is 0 Å². The molecule has 2 rings (SSSR count). The molecule has 1 saturated heterocycles. The van der Waals surface area contributed by atoms with Crippen LogP contribution in [0.2, 0.25) is 0 Å². The van der Waals surface area contributed by atoms with Gasteiger partial charge in [-0.3, -0.25) is 0 Å². The predicted molar refractivity (Wildman–Crippen MR) is 54.3 cm³/mol. The molecule has 1 unspecified atom stereocenters. The number of alkyl halides is 2. The highest BCUT2D eigenvalue weighted by Gasteiger charge is 2.50. The number of hydrogen-bond acceptors (Lipinski definition) is 3. The SMILES string of the molecule is O=C1OC(CNc2c(F)cccc2F)CC1(F)F. The van der Waals surface area contributed by atoms with E-state index in [1.165, 1.54) is 6.07 Å². The lowest BCUT2D eigenvalue weighted by atomic mass is 10.2. The van der Waals surface area contributed by atoms with Gasteiger partial charge in [0, 0.05) is 0 Å². The monoisotopic (exact) mass is 263 g/mol. The number of carbonyl (C=O) groups is 1. The highest BCUT2D eigenvalue weighted by atomic mass is 19.3. The number of benzene rings is 1. The van der Waals surface area contributed by atoms with E-state index in [0.29, 0.717) is 0 Å². The molecule has 18 heavy (non-hydrogen) atoms. The number of ether oxygens (including phenoxy) is 1. The number of para-hydroxylation sites is 1. The molecule has 3 nitrogen and oxygen atoms in total. The van der Waals surface area contributed by atoms with Crippen LogP contribution >= 0.6 is 0 Å². The van der Waals surface area contributed by atoms with E-state index in [-0.39, 0.29) is 6.54 Å². The molecule has 0 spiro atoms. The van der Waals surface area contributed by atoms with Crippen molar-refractivity contribution in [3.63, 3.8) is 0 Å². The molecular weight excluding hydrogens is 254 g/mol. The minimum absolute atomic E-state index is 0.279. The maximum absolute atomic E-state index is 13.2. The molecule has 0 aliphatic carbocycles. The summed E-state index contributed by atoms with van der Waals surface area (Å²) in [4.78, 5) is 10.7. The van der Waals surface area contributed by atoms with Crippen molar-refractivity contribution in [3.05, 3.63) is 29.8 Å². The van der Waals surface area contributed by atoms with E-state index in [9.17, 15) is 22.4 Å². The lowest BCUT2D eigenvalue weighted by Crippen LogP contribution is -2.22. The number of nitrogens with one attached hydrogen (secondary N) is 1. The van der Waals surface area contributed by atoms with Gasteiger partial charge in [-0.15, -0.1) is 0 Å². The Morgan fingerprint density at radius 2 is 1.94 bits per heavy atom. The Bertz CT molecular complexity index is 458. The summed E-state index contributed by atoms with van der Waals surface area (Å²) in [6.07, 6.45) is -1.90. The Hall–Kier alpha value is -1.79. The van der Waals surface area contributed by atoms with E-state index in [4.69, 9.17) is 0 Å². The molecule has 1 aromatic carbocycles. The van der Waals surface area contributed by atoms with E-state index < -0.39 is 41.7 Å². The van der Waals surface area contributed by atoms with Gasteiger partial charge >= 0.3 is 11.9 Å². The molecule has 0 radical (unpaired) electrons. The summed E-state index contributed by atoms with van der Waals surface area (Å²) in [6.45, 7) is -0.279. The third kappa shape index (κ3) is 2.39. The largest absolute Gasteiger partial charge is 0.456 e. The fourth-order valence-electron chi connectivity index (χ4n) is 1.64. The second kappa shape index (κ2) is 4.47. The van der Waals surface area contributed by atoms with Crippen molar-refractivity contribution in [1.82, 2.24) is 0 Å². The topological polar surface area (TPSA) is 38.3 Å². The number of carbonyl (C=O) groups excluding carboxylic acids is 1. The highest BCUT2D eigenvalue weighted by Crippen LogP contribution is 2.31. The van der Waals surface area contributed by atoms with E-state index in [1.54, 1.807) is 0 Å². The summed E-state index contributed by atoms with van der Waals surface area (Å²) in [5.74, 6) is -6.82. The van der Waals surface area contributed by atoms with Crippen LogP contribution in [0.1, 0.15) is 6.42 Å². The van der Waals surface area contributed by atoms with Crippen molar-refractivity contribution in [2.75, 3.05) is 11.9 Å². The first-order valence-electron chi connectivity index (χ1n) is 5.17. The number of halogens is 4. The molecule has 1 fully saturated rings. The van der Waals surface area contributed by atoms with Crippen LogP contribution in [0.4, 0.5) is 23.2 Å². The van der Waals surface area contributed by atoms with Gasteiger partial charge in [-0.2, -0.15) is 8.78 Å². The van der Waals surface area contributed by atoms with Crippen LogP contribution in [0.15, 0.2) is 18.2 Å². The molecular formula is C11H9F4NO2. The Morgan fingerprint density at radius 1 is 1.33 bits per heavy atom. The predicted octanol–water partition coefficient (Wildman–Crippen LogP) is 2.33. The molecule has 0 bridgehead atoms. The standard InChI is InChI=1S/C11H9F4NO2/c12-7-2-1-3-8(13)9(7)16-5-6-4-11(14,15)10(17)18-6/h1-3,6,16H,4-5H2. The van der Waals surface area contributed by atoms with E-state index >= 15 is 0 Å². The molecule has 1 aromatic rings. The average molecular weight is 263 g/mol. The third-order valence-corrected chi connectivity index (χ3v) is 2.53. The summed E-state index contributed by atoms with van der Waals surface area (Å²) >= 11 is 0. The summed E-state index contributed by atoms with van der Waals surface area (Å²) in [5, 5.41) is 2.32. The Morgan fingerprint density at radius 3 is 2.44 bits per heavy atom. The van der Waals surface area contributed by atoms with Gasteiger partial charge in [-0.1, -0.05) is 6.07 Å². The van der Waals surface area contributed by atoms with Crippen LogP contribution in [-0.4, -0.2) is 24.5 Å². The quantitative estimate of drug-likeness (QED) is 0.672. The van der Waals surface area contributed by atoms with Crippen LogP contribution in [0, 0.1) is 11.6 Å². The van der Waals surface area contributed by atoms with Gasteiger partial charge in [0.25, 0.3) is 0 Å². The summed E-state index contributed by atoms with van der Waals surface area (Å²) < 4.78 is 56.4. The number of cyclic esters (lactones) is 1. The molecule has 0 saturated carbocycles. The van der Waals surface area contributed by atoms with Crippen molar-refractivity contribution < 1.29 is 27.1 Å². The van der Waals surface area contributed by atoms with Gasteiger partial charge in [-0.25, -0.2) is 13.6 Å². The summed E-state index contributed by atoms with van der Waals surface area (Å²) in [5.41, 5.74) is -0.427. The first-order chi connectivity index (χ1) is 8.40. The second-order valence-corrected chi connectivity index (χ2v) is 3.91. The fraction of sp³-hybridized carbons (Fsp3) is 0.364. The smallest absolute Gasteiger partial charge is 0.377 e. The summed E-state index contributed by atoms with van der Waals surface area (Å²) in [6, 6.07) is 3.24. The highest BCUT2D eigenvalue weighted by molar-refractivity contribution is 5.79. The minimum Gasteiger partial charge on any atom is -0.456 e. The molecule has 7 heteroatoms. The second-order valence-electron chi connectivity index (χ2n) is 3.91. The Labute approximate surface area is 99.7 Å². The van der Waals surface area contributed by atoms with Crippen LogP contribution in [-0.2, 0) is 9.53 Å². The van der Waals surface area contributed by atoms with Crippen molar-refractivity contribution >= 4 is 11.7 Å². The lowest BCUT2D eigenvalue weighted by Gasteiger charge is -2.12. The molecule has 1 atom stereocenters. The zero-order valence-corrected chi connectivity index (χ0v) is 9.05. The van der Waals surface area contributed by atoms with Crippen molar-refractivity contribution in [3.8, 4) is 0 Å². The fourth-order valence-corrected chi connectivity index (χ4v) is 1.64. The van der Waals surface area contributed by atoms with Crippen molar-refractivity contribution in [2.45, 2.75) is 18.4 Å². The Kier molecular flexibility index (Phi) is 3.14. The number of esters is 1. The molecule has 1 aliphatic rings. The lowest BCUT2D eigenvalue weighted by molar-refractivity contribution is -0.158. The van der Waals surface area contributed by atoms with Gasteiger partial charge in [0.05, 0.1) is 13.0 Å².